The van der Waals surface area contributed by atoms with E-state index in [9.17, 15) is 4.79 Å². The van der Waals surface area contributed by atoms with Crippen LogP contribution in [0.25, 0.3) is 11.3 Å². The maximum Gasteiger partial charge on any atom is 0.264 e. The lowest BCUT2D eigenvalue weighted by atomic mass is 9.90. The fraction of sp³-hybridized carbons (Fsp3) is 0.304. The number of carbonyl (C=O) groups is 1. The van der Waals surface area contributed by atoms with Crippen LogP contribution >= 0.6 is 11.3 Å². The minimum Gasteiger partial charge on any atom is -0.490 e. The Labute approximate surface area is 174 Å². The molecule has 0 fully saturated rings. The van der Waals surface area contributed by atoms with Crippen molar-refractivity contribution in [2.75, 3.05) is 18.5 Å². The van der Waals surface area contributed by atoms with E-state index in [-0.39, 0.29) is 12.5 Å². The summed E-state index contributed by atoms with van der Waals surface area (Å²) in [6, 6.07) is 13.9. The number of fused-ring (bicyclic) bond motifs is 1. The Morgan fingerprint density at radius 3 is 2.62 bits per heavy atom. The van der Waals surface area contributed by atoms with E-state index in [1.807, 2.05) is 30.5 Å². The molecule has 3 aromatic rings. The van der Waals surface area contributed by atoms with Gasteiger partial charge in [0, 0.05) is 10.9 Å². The van der Waals surface area contributed by atoms with Gasteiger partial charge in [0.15, 0.2) is 23.2 Å². The van der Waals surface area contributed by atoms with Crippen molar-refractivity contribution in [1.29, 1.82) is 0 Å². The van der Waals surface area contributed by atoms with Gasteiger partial charge in [0.25, 0.3) is 5.91 Å². The molecule has 1 heterocycles. The van der Waals surface area contributed by atoms with Crippen molar-refractivity contribution in [3.8, 4) is 22.8 Å². The first-order chi connectivity index (χ1) is 14.2. The normalized spacial score (nSPS) is 12.9. The summed E-state index contributed by atoms with van der Waals surface area (Å²) in [6.45, 7) is 2.35. The second-order valence-corrected chi connectivity index (χ2v) is 7.80. The summed E-state index contributed by atoms with van der Waals surface area (Å²) in [7, 11) is 0. The number of anilines is 1. The molecule has 1 aliphatic rings. The van der Waals surface area contributed by atoms with Crippen molar-refractivity contribution >= 4 is 22.4 Å². The summed E-state index contributed by atoms with van der Waals surface area (Å²) < 4.78 is 11.1. The number of nitrogens with one attached hydrogen (secondary N) is 1. The van der Waals surface area contributed by atoms with E-state index in [1.165, 1.54) is 41.7 Å². The largest absolute Gasteiger partial charge is 0.490 e. The molecule has 0 saturated carbocycles. The van der Waals surface area contributed by atoms with E-state index >= 15 is 0 Å². The molecule has 150 valence electrons. The maximum absolute atomic E-state index is 12.3. The van der Waals surface area contributed by atoms with Gasteiger partial charge in [-0.2, -0.15) is 0 Å². The lowest BCUT2D eigenvalue weighted by Gasteiger charge is -2.16. The number of benzene rings is 2. The van der Waals surface area contributed by atoms with Crippen LogP contribution in [0.4, 0.5) is 5.13 Å². The van der Waals surface area contributed by atoms with Crippen LogP contribution in [-0.2, 0) is 17.6 Å². The number of ether oxygens (including phenoxy) is 2. The van der Waals surface area contributed by atoms with Gasteiger partial charge in [-0.15, -0.1) is 11.3 Å². The van der Waals surface area contributed by atoms with E-state index < -0.39 is 0 Å². The number of nitrogens with zero attached hydrogens (tertiary/aromatic N) is 1. The number of carbonyl (C=O) groups excluding carboxylic acids is 1. The van der Waals surface area contributed by atoms with Crippen LogP contribution in [-0.4, -0.2) is 24.1 Å². The van der Waals surface area contributed by atoms with Crippen LogP contribution < -0.4 is 14.8 Å². The molecular weight excluding hydrogens is 384 g/mol. The van der Waals surface area contributed by atoms with Gasteiger partial charge in [0.2, 0.25) is 0 Å². The van der Waals surface area contributed by atoms with E-state index in [0.29, 0.717) is 23.2 Å². The second kappa shape index (κ2) is 9.09. The Kier molecular flexibility index (Phi) is 6.10. The number of amides is 1. The Morgan fingerprint density at radius 1 is 1.07 bits per heavy atom. The maximum atomic E-state index is 12.3. The van der Waals surface area contributed by atoms with Crippen molar-refractivity contribution in [1.82, 2.24) is 4.98 Å². The van der Waals surface area contributed by atoms with Gasteiger partial charge in [-0.1, -0.05) is 24.3 Å². The molecule has 1 aromatic heterocycles. The minimum absolute atomic E-state index is 0.0994. The molecule has 0 saturated heterocycles. The average molecular weight is 409 g/mol. The van der Waals surface area contributed by atoms with Gasteiger partial charge < -0.3 is 9.47 Å². The van der Waals surface area contributed by atoms with Gasteiger partial charge in [-0.05, 0) is 61.9 Å². The standard InChI is InChI=1S/C23H24N2O3S/c1-2-27-20-9-5-6-10-21(20)28-14-22(26)25-23-24-19(15-29-23)18-12-11-16-7-3-4-8-17(16)13-18/h5-6,9-13,15H,2-4,7-8,14H2,1H3,(H,24,25,26). The van der Waals surface area contributed by atoms with Crippen molar-refractivity contribution in [2.45, 2.75) is 32.6 Å². The Bertz CT molecular complexity index is 999. The Hall–Kier alpha value is -2.86. The van der Waals surface area contributed by atoms with E-state index in [0.717, 1.165) is 17.7 Å². The predicted octanol–water partition coefficient (Wildman–Crippen LogP) is 5.11. The van der Waals surface area contributed by atoms with Gasteiger partial charge in [0.1, 0.15) is 0 Å². The van der Waals surface area contributed by atoms with Crippen LogP contribution in [0.1, 0.15) is 30.9 Å². The van der Waals surface area contributed by atoms with E-state index in [4.69, 9.17) is 9.47 Å². The SMILES string of the molecule is CCOc1ccccc1OCC(=O)Nc1nc(-c2ccc3c(c2)CCCC3)cs1. The quantitative estimate of drug-likeness (QED) is 0.590. The van der Waals surface area contributed by atoms with Crippen LogP contribution in [0, 0.1) is 0 Å². The zero-order chi connectivity index (χ0) is 20.1. The smallest absolute Gasteiger partial charge is 0.264 e. The summed E-state index contributed by atoms with van der Waals surface area (Å²) in [6.07, 6.45) is 4.83. The number of thiazole rings is 1. The topological polar surface area (TPSA) is 60.5 Å². The molecule has 0 atom stereocenters. The predicted molar refractivity (Wildman–Crippen MR) is 116 cm³/mol. The molecule has 4 rings (SSSR count). The average Bonchev–Trinajstić information content (AvgIpc) is 3.21. The molecule has 1 amide bonds. The van der Waals surface area contributed by atoms with E-state index in [2.05, 4.69) is 28.5 Å². The van der Waals surface area contributed by atoms with Crippen molar-refractivity contribution in [3.05, 3.63) is 59.0 Å². The molecule has 0 radical (unpaired) electrons. The number of aromatic nitrogens is 1. The molecule has 0 spiro atoms. The third-order valence-corrected chi connectivity index (χ3v) is 5.66. The molecule has 0 bridgehead atoms. The van der Waals surface area contributed by atoms with Crippen molar-refractivity contribution < 1.29 is 14.3 Å². The first-order valence-corrected chi connectivity index (χ1v) is 10.8. The summed E-state index contributed by atoms with van der Waals surface area (Å²) in [5.41, 5.74) is 4.87. The van der Waals surface area contributed by atoms with Crippen LogP contribution in [0.3, 0.4) is 0 Å². The molecule has 1 N–H and O–H groups in total. The zero-order valence-corrected chi connectivity index (χ0v) is 17.3. The molecule has 0 unspecified atom stereocenters. The zero-order valence-electron chi connectivity index (χ0n) is 16.4. The van der Waals surface area contributed by atoms with E-state index in [1.54, 1.807) is 6.07 Å². The molecule has 2 aromatic carbocycles. The fourth-order valence-corrected chi connectivity index (χ4v) is 4.24. The number of hydrogen-bond donors (Lipinski definition) is 1. The molecule has 6 heteroatoms. The monoisotopic (exact) mass is 408 g/mol. The first kappa shape index (κ1) is 19.5. The summed E-state index contributed by atoms with van der Waals surface area (Å²) in [5, 5.41) is 5.37. The van der Waals surface area contributed by atoms with Gasteiger partial charge in [-0.25, -0.2) is 4.98 Å². The van der Waals surface area contributed by atoms with Crippen LogP contribution in [0.2, 0.25) is 0 Å². The third-order valence-electron chi connectivity index (χ3n) is 4.90. The summed E-state index contributed by atoms with van der Waals surface area (Å²) in [4.78, 5) is 16.9. The van der Waals surface area contributed by atoms with Crippen LogP contribution in [0.15, 0.2) is 47.8 Å². The second-order valence-electron chi connectivity index (χ2n) is 6.95. The van der Waals surface area contributed by atoms with Gasteiger partial charge >= 0.3 is 0 Å². The molecule has 29 heavy (non-hydrogen) atoms. The Balaban J connectivity index is 1.37. The first-order valence-electron chi connectivity index (χ1n) is 9.95. The van der Waals surface area contributed by atoms with Gasteiger partial charge in [0.05, 0.1) is 12.3 Å². The number of para-hydroxylation sites is 2. The van der Waals surface area contributed by atoms with Crippen molar-refractivity contribution in [2.24, 2.45) is 0 Å². The molecule has 1 aliphatic carbocycles. The number of hydrogen-bond acceptors (Lipinski definition) is 5. The molecular formula is C23H24N2O3S. The third kappa shape index (κ3) is 4.77. The number of aryl methyl sites for hydroxylation is 2. The minimum atomic E-state index is -0.248. The fourth-order valence-electron chi connectivity index (χ4n) is 3.50. The summed E-state index contributed by atoms with van der Waals surface area (Å²) in [5.74, 6) is 0.938. The molecule has 0 aliphatic heterocycles. The highest BCUT2D eigenvalue weighted by molar-refractivity contribution is 7.14. The number of rotatable bonds is 7. The van der Waals surface area contributed by atoms with Crippen molar-refractivity contribution in [3.63, 3.8) is 0 Å². The van der Waals surface area contributed by atoms with Gasteiger partial charge in [-0.3, -0.25) is 10.1 Å². The Morgan fingerprint density at radius 2 is 1.83 bits per heavy atom. The van der Waals surface area contributed by atoms with Crippen LogP contribution in [0.5, 0.6) is 11.5 Å². The highest BCUT2D eigenvalue weighted by Crippen LogP contribution is 2.30. The summed E-state index contributed by atoms with van der Waals surface area (Å²) >= 11 is 1.42. The lowest BCUT2D eigenvalue weighted by molar-refractivity contribution is -0.118. The highest BCUT2D eigenvalue weighted by atomic mass is 32.1. The lowest BCUT2D eigenvalue weighted by Crippen LogP contribution is -2.20. The molecule has 5 nitrogen and oxygen atoms in total. The highest BCUT2D eigenvalue weighted by Gasteiger charge is 2.13.